The zero-order valence-corrected chi connectivity index (χ0v) is 16.1. The van der Waals surface area contributed by atoms with Crippen LogP contribution in [0.5, 0.6) is 0 Å². The van der Waals surface area contributed by atoms with Crippen molar-refractivity contribution in [3.63, 3.8) is 0 Å². The Balaban J connectivity index is 2.26. The molecule has 0 radical (unpaired) electrons. The van der Waals surface area contributed by atoms with Crippen molar-refractivity contribution in [2.24, 2.45) is 5.73 Å². The Kier molecular flexibility index (Phi) is 6.59. The lowest BCUT2D eigenvalue weighted by atomic mass is 9.96. The van der Waals surface area contributed by atoms with Gasteiger partial charge in [0.25, 0.3) is 5.91 Å². The fraction of sp³-hybridized carbons (Fsp3) is 0.611. The largest absolute Gasteiger partial charge is 0.338 e. The van der Waals surface area contributed by atoms with Gasteiger partial charge in [-0.1, -0.05) is 25.3 Å². The molecule has 1 aliphatic carbocycles. The van der Waals surface area contributed by atoms with Crippen LogP contribution in [-0.2, 0) is 10.0 Å². The highest BCUT2D eigenvalue weighted by Crippen LogP contribution is 2.27. The molecule has 0 aliphatic heterocycles. The molecule has 0 aromatic heterocycles. The van der Waals surface area contributed by atoms with Crippen LogP contribution in [0.25, 0.3) is 0 Å². The van der Waals surface area contributed by atoms with Crippen LogP contribution >= 0.6 is 0 Å². The minimum absolute atomic E-state index is 0.0399. The summed E-state index contributed by atoms with van der Waals surface area (Å²) in [6.07, 6.45) is 5.08. The summed E-state index contributed by atoms with van der Waals surface area (Å²) in [4.78, 5) is 14.3. The maximum atomic E-state index is 12.9. The summed E-state index contributed by atoms with van der Waals surface area (Å²) in [7, 11) is -0.291. The Morgan fingerprint density at radius 1 is 1.24 bits per heavy atom. The van der Waals surface area contributed by atoms with E-state index in [9.17, 15) is 13.2 Å². The second-order valence-corrected chi connectivity index (χ2v) is 8.84. The van der Waals surface area contributed by atoms with Crippen molar-refractivity contribution in [2.75, 3.05) is 20.6 Å². The third kappa shape index (κ3) is 4.40. The van der Waals surface area contributed by atoms with Gasteiger partial charge >= 0.3 is 0 Å². The standard InChI is InChI=1S/C18H29N3O3S/c1-14(13-19)20(2)18(22)15-8-7-11-17(12-15)25(23,24)21(3)16-9-5-4-6-10-16/h7-8,11-12,14,16H,4-6,9-10,13,19H2,1-3H3. The second kappa shape index (κ2) is 8.29. The van der Waals surface area contributed by atoms with Gasteiger partial charge in [0, 0.05) is 38.3 Å². The molecular formula is C18H29N3O3S. The van der Waals surface area contributed by atoms with Gasteiger partial charge in [0.15, 0.2) is 0 Å². The third-order valence-corrected chi connectivity index (χ3v) is 7.08. The Labute approximate surface area is 151 Å². The molecule has 1 amide bonds. The fourth-order valence-corrected chi connectivity index (χ4v) is 4.62. The number of hydrogen-bond donors (Lipinski definition) is 1. The van der Waals surface area contributed by atoms with Crippen LogP contribution in [0.4, 0.5) is 0 Å². The molecule has 0 saturated heterocycles. The summed E-state index contributed by atoms with van der Waals surface area (Å²) in [5.41, 5.74) is 5.98. The maximum absolute atomic E-state index is 12.9. The summed E-state index contributed by atoms with van der Waals surface area (Å²) in [5.74, 6) is -0.227. The van der Waals surface area contributed by atoms with Gasteiger partial charge in [0.2, 0.25) is 10.0 Å². The summed E-state index contributed by atoms with van der Waals surface area (Å²) in [6.45, 7) is 2.21. The highest BCUT2D eigenvalue weighted by molar-refractivity contribution is 7.89. The number of carbonyl (C=O) groups excluding carboxylic acids is 1. The average Bonchev–Trinajstić information content (AvgIpc) is 2.66. The van der Waals surface area contributed by atoms with Crippen molar-refractivity contribution in [1.29, 1.82) is 0 Å². The van der Waals surface area contributed by atoms with E-state index in [-0.39, 0.29) is 22.9 Å². The molecule has 0 heterocycles. The van der Waals surface area contributed by atoms with Crippen LogP contribution in [0.15, 0.2) is 29.2 Å². The first kappa shape index (κ1) is 19.9. The summed E-state index contributed by atoms with van der Waals surface area (Å²) >= 11 is 0. The Bertz CT molecular complexity index is 699. The van der Waals surface area contributed by atoms with Crippen LogP contribution in [0.2, 0.25) is 0 Å². The molecule has 140 valence electrons. The van der Waals surface area contributed by atoms with Gasteiger partial charge in [-0.25, -0.2) is 8.42 Å². The van der Waals surface area contributed by atoms with Crippen molar-refractivity contribution < 1.29 is 13.2 Å². The van der Waals surface area contributed by atoms with E-state index < -0.39 is 10.0 Å². The van der Waals surface area contributed by atoms with Crippen LogP contribution in [0.3, 0.4) is 0 Å². The molecule has 1 aliphatic rings. The number of amides is 1. The number of nitrogens with zero attached hydrogens (tertiary/aromatic N) is 2. The summed E-state index contributed by atoms with van der Waals surface area (Å²) < 4.78 is 27.4. The minimum Gasteiger partial charge on any atom is -0.338 e. The lowest BCUT2D eigenvalue weighted by molar-refractivity contribution is 0.0748. The van der Waals surface area contributed by atoms with E-state index in [1.54, 1.807) is 32.3 Å². The molecular weight excluding hydrogens is 338 g/mol. The van der Waals surface area contributed by atoms with Crippen molar-refractivity contribution in [1.82, 2.24) is 9.21 Å². The number of carbonyl (C=O) groups is 1. The minimum atomic E-state index is -3.61. The molecule has 25 heavy (non-hydrogen) atoms. The van der Waals surface area contributed by atoms with Crippen LogP contribution in [0.1, 0.15) is 49.4 Å². The molecule has 1 aromatic carbocycles. The number of nitrogens with two attached hydrogens (primary N) is 1. The van der Waals surface area contributed by atoms with Crippen molar-refractivity contribution >= 4 is 15.9 Å². The van der Waals surface area contributed by atoms with E-state index in [1.165, 1.54) is 21.7 Å². The summed E-state index contributed by atoms with van der Waals surface area (Å²) in [5, 5.41) is 0. The lowest BCUT2D eigenvalue weighted by Crippen LogP contribution is -2.40. The molecule has 1 saturated carbocycles. The van der Waals surface area contributed by atoms with Gasteiger partial charge in [0.05, 0.1) is 4.90 Å². The molecule has 6 nitrogen and oxygen atoms in total. The average molecular weight is 368 g/mol. The van der Waals surface area contributed by atoms with Crippen LogP contribution in [-0.4, -0.2) is 56.3 Å². The van der Waals surface area contributed by atoms with E-state index in [0.29, 0.717) is 12.1 Å². The smallest absolute Gasteiger partial charge is 0.253 e. The SMILES string of the molecule is CC(CN)N(C)C(=O)c1cccc(S(=O)(=O)N(C)C2CCCCC2)c1. The van der Waals surface area contributed by atoms with E-state index in [1.807, 2.05) is 6.92 Å². The molecule has 0 spiro atoms. The first-order valence-electron chi connectivity index (χ1n) is 8.84. The highest BCUT2D eigenvalue weighted by atomic mass is 32.2. The third-order valence-electron chi connectivity index (χ3n) is 5.17. The monoisotopic (exact) mass is 367 g/mol. The topological polar surface area (TPSA) is 83.7 Å². The normalized spacial score (nSPS) is 17.5. The first-order chi connectivity index (χ1) is 11.8. The van der Waals surface area contributed by atoms with Gasteiger partial charge in [-0.3, -0.25) is 4.79 Å². The van der Waals surface area contributed by atoms with E-state index in [2.05, 4.69) is 0 Å². The summed E-state index contributed by atoms with van der Waals surface area (Å²) in [6, 6.07) is 6.21. The van der Waals surface area contributed by atoms with Gasteiger partial charge in [-0.2, -0.15) is 4.31 Å². The number of sulfonamides is 1. The molecule has 0 bridgehead atoms. The predicted molar refractivity (Wildman–Crippen MR) is 98.9 cm³/mol. The van der Waals surface area contributed by atoms with Crippen LogP contribution < -0.4 is 5.73 Å². The van der Waals surface area contributed by atoms with Crippen LogP contribution in [0, 0.1) is 0 Å². The molecule has 1 unspecified atom stereocenters. The zero-order chi connectivity index (χ0) is 18.6. The Morgan fingerprint density at radius 2 is 1.88 bits per heavy atom. The lowest BCUT2D eigenvalue weighted by Gasteiger charge is -2.30. The predicted octanol–water partition coefficient (Wildman–Crippen LogP) is 2.06. The Hall–Kier alpha value is -1.44. The quantitative estimate of drug-likeness (QED) is 0.834. The Morgan fingerprint density at radius 3 is 2.48 bits per heavy atom. The maximum Gasteiger partial charge on any atom is 0.253 e. The van der Waals surface area contributed by atoms with Gasteiger partial charge in [-0.05, 0) is 38.0 Å². The molecule has 1 fully saturated rings. The second-order valence-electron chi connectivity index (χ2n) is 6.84. The number of benzene rings is 1. The van der Waals surface area contributed by atoms with Gasteiger partial charge in [-0.15, -0.1) is 0 Å². The highest BCUT2D eigenvalue weighted by Gasteiger charge is 2.29. The van der Waals surface area contributed by atoms with Crippen molar-refractivity contribution in [3.8, 4) is 0 Å². The molecule has 1 aromatic rings. The fourth-order valence-electron chi connectivity index (χ4n) is 3.16. The molecule has 1 atom stereocenters. The van der Waals surface area contributed by atoms with Gasteiger partial charge in [0.1, 0.15) is 0 Å². The van der Waals surface area contributed by atoms with E-state index >= 15 is 0 Å². The molecule has 2 N–H and O–H groups in total. The zero-order valence-electron chi connectivity index (χ0n) is 15.3. The number of rotatable bonds is 6. The number of likely N-dealkylation sites (N-methyl/N-ethyl adjacent to an activating group) is 1. The molecule has 2 rings (SSSR count). The van der Waals surface area contributed by atoms with Gasteiger partial charge < -0.3 is 10.6 Å². The molecule has 7 heteroatoms. The van der Waals surface area contributed by atoms with E-state index in [4.69, 9.17) is 5.73 Å². The van der Waals surface area contributed by atoms with Crippen molar-refractivity contribution in [3.05, 3.63) is 29.8 Å². The first-order valence-corrected chi connectivity index (χ1v) is 10.3. The number of hydrogen-bond acceptors (Lipinski definition) is 4. The van der Waals surface area contributed by atoms with E-state index in [0.717, 1.165) is 25.7 Å². The van der Waals surface area contributed by atoms with Crippen molar-refractivity contribution in [2.45, 2.75) is 56.0 Å².